The molecule has 3 aromatic rings. The number of carbonyl (C=O) groups excluding carboxylic acids is 2. The predicted octanol–water partition coefficient (Wildman–Crippen LogP) is 3.47. The molecule has 2 aromatic heterocycles. The molecular formula is C20H18N2O4S. The molecule has 2 amide bonds. The Bertz CT molecular complexity index is 1110. The molecule has 27 heavy (non-hydrogen) atoms. The summed E-state index contributed by atoms with van der Waals surface area (Å²) in [6, 6.07) is 6.74. The Labute approximate surface area is 159 Å². The summed E-state index contributed by atoms with van der Waals surface area (Å²) in [5.41, 5.74) is 6.80. The highest BCUT2D eigenvalue weighted by molar-refractivity contribution is 7.17. The van der Waals surface area contributed by atoms with Crippen molar-refractivity contribution in [3.05, 3.63) is 62.3 Å². The van der Waals surface area contributed by atoms with Crippen LogP contribution in [0.5, 0.6) is 0 Å². The molecule has 3 N–H and O–H groups in total. The molecule has 0 radical (unpaired) electrons. The monoisotopic (exact) mass is 382 g/mol. The van der Waals surface area contributed by atoms with Gasteiger partial charge in [-0.3, -0.25) is 14.4 Å². The van der Waals surface area contributed by atoms with Gasteiger partial charge in [-0.1, -0.05) is 18.6 Å². The van der Waals surface area contributed by atoms with E-state index in [0.29, 0.717) is 21.5 Å². The normalized spacial score (nSPS) is 13.8. The zero-order chi connectivity index (χ0) is 19.0. The van der Waals surface area contributed by atoms with Crippen LogP contribution in [-0.4, -0.2) is 11.8 Å². The summed E-state index contributed by atoms with van der Waals surface area (Å²) in [6.45, 7) is 0. The average molecular weight is 382 g/mol. The van der Waals surface area contributed by atoms with E-state index in [2.05, 4.69) is 5.32 Å². The number of nitrogens with two attached hydrogens (primary N) is 1. The van der Waals surface area contributed by atoms with E-state index < -0.39 is 17.2 Å². The van der Waals surface area contributed by atoms with E-state index in [9.17, 15) is 14.4 Å². The Morgan fingerprint density at radius 3 is 2.70 bits per heavy atom. The zero-order valence-corrected chi connectivity index (χ0v) is 15.4. The minimum atomic E-state index is -0.603. The van der Waals surface area contributed by atoms with Crippen molar-refractivity contribution in [3.63, 3.8) is 0 Å². The second-order valence-electron chi connectivity index (χ2n) is 6.56. The van der Waals surface area contributed by atoms with Crippen LogP contribution in [0.15, 0.2) is 39.7 Å². The van der Waals surface area contributed by atoms with E-state index in [1.165, 1.54) is 11.3 Å². The minimum Gasteiger partial charge on any atom is -0.463 e. The third-order valence-corrected chi connectivity index (χ3v) is 6.03. The van der Waals surface area contributed by atoms with E-state index in [1.807, 2.05) is 0 Å². The van der Waals surface area contributed by atoms with Crippen LogP contribution < -0.4 is 16.5 Å². The highest BCUT2D eigenvalue weighted by Crippen LogP contribution is 2.37. The molecule has 0 fully saturated rings. The van der Waals surface area contributed by atoms with Crippen molar-refractivity contribution in [3.8, 4) is 0 Å². The first kappa shape index (κ1) is 17.5. The quantitative estimate of drug-likeness (QED) is 0.677. The fraction of sp³-hybridized carbons (Fsp3) is 0.250. The molecular weight excluding hydrogens is 364 g/mol. The maximum absolute atomic E-state index is 12.7. The molecule has 1 aromatic carbocycles. The van der Waals surface area contributed by atoms with Crippen LogP contribution in [0.1, 0.15) is 50.4 Å². The number of anilines is 1. The van der Waals surface area contributed by atoms with Gasteiger partial charge in [-0.15, -0.1) is 11.3 Å². The summed E-state index contributed by atoms with van der Waals surface area (Å²) in [7, 11) is 0. The van der Waals surface area contributed by atoms with Crippen molar-refractivity contribution in [2.24, 2.45) is 5.73 Å². The third-order valence-electron chi connectivity index (χ3n) is 4.82. The largest absolute Gasteiger partial charge is 0.463 e. The number of para-hydroxylation sites is 1. The van der Waals surface area contributed by atoms with Crippen molar-refractivity contribution in [1.29, 1.82) is 0 Å². The van der Waals surface area contributed by atoms with E-state index in [-0.39, 0.29) is 5.56 Å². The van der Waals surface area contributed by atoms with E-state index in [4.69, 9.17) is 10.2 Å². The predicted molar refractivity (Wildman–Crippen MR) is 105 cm³/mol. The highest BCUT2D eigenvalue weighted by Gasteiger charge is 2.25. The molecule has 0 saturated carbocycles. The zero-order valence-electron chi connectivity index (χ0n) is 14.5. The molecule has 0 saturated heterocycles. The van der Waals surface area contributed by atoms with E-state index >= 15 is 0 Å². The first-order valence-corrected chi connectivity index (χ1v) is 9.64. The molecule has 0 unspecified atom stereocenters. The number of amides is 2. The van der Waals surface area contributed by atoms with Gasteiger partial charge in [0.1, 0.15) is 22.4 Å². The topological polar surface area (TPSA) is 102 Å². The number of nitrogens with one attached hydrogen (secondary N) is 1. The fourth-order valence-electron chi connectivity index (χ4n) is 3.50. The summed E-state index contributed by atoms with van der Waals surface area (Å²) in [4.78, 5) is 38.4. The minimum absolute atomic E-state index is 0.104. The van der Waals surface area contributed by atoms with Gasteiger partial charge >= 0.3 is 0 Å². The number of aryl methyl sites for hydroxylation is 1. The van der Waals surface area contributed by atoms with Crippen LogP contribution in [0.2, 0.25) is 0 Å². The van der Waals surface area contributed by atoms with Gasteiger partial charge in [-0.2, -0.15) is 0 Å². The Hall–Kier alpha value is -2.93. The average Bonchev–Trinajstić information content (AvgIpc) is 2.83. The van der Waals surface area contributed by atoms with E-state index in [1.54, 1.807) is 24.3 Å². The van der Waals surface area contributed by atoms with Crippen molar-refractivity contribution >= 4 is 39.1 Å². The second-order valence-corrected chi connectivity index (χ2v) is 7.67. The number of carbonyl (C=O) groups is 2. The van der Waals surface area contributed by atoms with Gasteiger partial charge in [-0.05, 0) is 43.4 Å². The molecule has 1 aliphatic rings. The SMILES string of the molecule is NC(=O)c1c(NC(=O)c2coc3ccccc3c2=O)sc2c1CCCCC2. The van der Waals surface area contributed by atoms with Crippen molar-refractivity contribution in [2.45, 2.75) is 32.1 Å². The number of hydrogen-bond donors (Lipinski definition) is 2. The number of thiophene rings is 1. The molecule has 0 atom stereocenters. The molecule has 1 aliphatic carbocycles. The molecule has 2 heterocycles. The van der Waals surface area contributed by atoms with Crippen molar-refractivity contribution in [2.75, 3.05) is 5.32 Å². The first-order chi connectivity index (χ1) is 13.1. The molecule has 0 aliphatic heterocycles. The van der Waals surface area contributed by atoms with E-state index in [0.717, 1.165) is 48.8 Å². The van der Waals surface area contributed by atoms with Gasteiger partial charge in [0.15, 0.2) is 0 Å². The van der Waals surface area contributed by atoms with Crippen LogP contribution >= 0.6 is 11.3 Å². The summed E-state index contributed by atoms with van der Waals surface area (Å²) in [5, 5.41) is 3.45. The lowest BCUT2D eigenvalue weighted by molar-refractivity contribution is 0.100. The van der Waals surface area contributed by atoms with Gasteiger partial charge in [0, 0.05) is 4.88 Å². The Morgan fingerprint density at radius 2 is 1.89 bits per heavy atom. The van der Waals surface area contributed by atoms with Gasteiger partial charge in [0.2, 0.25) is 5.43 Å². The second kappa shape index (κ2) is 7.00. The van der Waals surface area contributed by atoms with Gasteiger partial charge in [0.25, 0.3) is 11.8 Å². The van der Waals surface area contributed by atoms with Crippen LogP contribution in [0.4, 0.5) is 5.00 Å². The van der Waals surface area contributed by atoms with Gasteiger partial charge < -0.3 is 15.5 Å². The lowest BCUT2D eigenvalue weighted by Crippen LogP contribution is -2.22. The van der Waals surface area contributed by atoms with Crippen molar-refractivity contribution in [1.82, 2.24) is 0 Å². The van der Waals surface area contributed by atoms with Crippen molar-refractivity contribution < 1.29 is 14.0 Å². The van der Waals surface area contributed by atoms with Crippen LogP contribution in [0, 0.1) is 0 Å². The number of fused-ring (bicyclic) bond motifs is 2. The van der Waals surface area contributed by atoms with Crippen LogP contribution in [-0.2, 0) is 12.8 Å². The maximum Gasteiger partial charge on any atom is 0.263 e. The molecule has 0 bridgehead atoms. The highest BCUT2D eigenvalue weighted by atomic mass is 32.1. The third kappa shape index (κ3) is 3.14. The number of primary amides is 1. The molecule has 0 spiro atoms. The Morgan fingerprint density at radius 1 is 1.11 bits per heavy atom. The summed E-state index contributed by atoms with van der Waals surface area (Å²) in [6.07, 6.45) is 5.95. The molecule has 7 heteroatoms. The fourth-order valence-corrected chi connectivity index (χ4v) is 4.79. The maximum atomic E-state index is 12.7. The van der Waals surface area contributed by atoms with Crippen LogP contribution in [0.3, 0.4) is 0 Å². The molecule has 6 nitrogen and oxygen atoms in total. The lowest BCUT2D eigenvalue weighted by Gasteiger charge is -2.06. The molecule has 4 rings (SSSR count). The van der Waals surface area contributed by atoms with Gasteiger partial charge in [0.05, 0.1) is 10.9 Å². The lowest BCUT2D eigenvalue weighted by atomic mass is 10.1. The number of benzene rings is 1. The van der Waals surface area contributed by atoms with Crippen LogP contribution in [0.25, 0.3) is 11.0 Å². The number of hydrogen-bond acceptors (Lipinski definition) is 5. The number of rotatable bonds is 3. The summed E-state index contributed by atoms with van der Waals surface area (Å²) >= 11 is 1.37. The molecule has 138 valence electrons. The first-order valence-electron chi connectivity index (χ1n) is 8.82. The standard InChI is InChI=1S/C20H18N2O4S/c21-18(24)16-12-7-2-1-3-9-15(12)27-20(16)22-19(25)13-10-26-14-8-5-4-6-11(14)17(13)23/h4-6,8,10H,1-3,7,9H2,(H2,21,24)(H,22,25). The Balaban J connectivity index is 1.72. The summed E-state index contributed by atoms with van der Waals surface area (Å²) < 4.78 is 5.41. The summed E-state index contributed by atoms with van der Waals surface area (Å²) in [5.74, 6) is -1.16. The smallest absolute Gasteiger partial charge is 0.263 e. The van der Waals surface area contributed by atoms with Gasteiger partial charge in [-0.25, -0.2) is 0 Å². The Kier molecular flexibility index (Phi) is 4.53.